The number of hydrogen-bond donors (Lipinski definition) is 0. The van der Waals surface area contributed by atoms with E-state index in [0.29, 0.717) is 24.4 Å². The first kappa shape index (κ1) is 13.3. The zero-order valence-electron chi connectivity index (χ0n) is 10.6. The van der Waals surface area contributed by atoms with Crippen molar-refractivity contribution in [1.82, 2.24) is 0 Å². The number of nitrogens with zero attached hydrogens (tertiary/aromatic N) is 1. The quantitative estimate of drug-likeness (QED) is 0.430. The van der Waals surface area contributed by atoms with Gasteiger partial charge < -0.3 is 9.47 Å². The van der Waals surface area contributed by atoms with Gasteiger partial charge in [0.05, 0.1) is 30.3 Å². The van der Waals surface area contributed by atoms with Crippen molar-refractivity contribution in [3.8, 4) is 11.5 Å². The highest BCUT2D eigenvalue weighted by Gasteiger charge is 2.22. The third-order valence-electron chi connectivity index (χ3n) is 3.12. The molecule has 0 saturated heterocycles. The van der Waals surface area contributed by atoms with Gasteiger partial charge in [0.15, 0.2) is 17.8 Å². The van der Waals surface area contributed by atoms with Crippen LogP contribution in [0.5, 0.6) is 11.5 Å². The molecule has 0 bridgehead atoms. The van der Waals surface area contributed by atoms with Gasteiger partial charge in [-0.3, -0.25) is 14.9 Å². The molecule has 6 nitrogen and oxygen atoms in total. The van der Waals surface area contributed by atoms with Crippen molar-refractivity contribution in [3.63, 3.8) is 0 Å². The van der Waals surface area contributed by atoms with Crippen LogP contribution in [0, 0.1) is 16.0 Å². The molecule has 1 aliphatic carbocycles. The molecular formula is C13H15NO5. The van der Waals surface area contributed by atoms with Crippen LogP contribution in [0.4, 0.5) is 5.69 Å². The molecule has 1 fully saturated rings. The van der Waals surface area contributed by atoms with Gasteiger partial charge in [0.25, 0.3) is 5.69 Å². The molecule has 0 radical (unpaired) electrons. The minimum absolute atomic E-state index is 0.0172. The molecule has 2 rings (SSSR count). The predicted octanol–water partition coefficient (Wildman–Crippen LogP) is 2.59. The van der Waals surface area contributed by atoms with Crippen LogP contribution < -0.4 is 9.47 Å². The number of nitro groups is 1. The Hall–Kier alpha value is -2.11. The van der Waals surface area contributed by atoms with Gasteiger partial charge in [0.1, 0.15) is 0 Å². The third-order valence-corrected chi connectivity index (χ3v) is 3.12. The summed E-state index contributed by atoms with van der Waals surface area (Å²) in [6.07, 6.45) is 3.83. The van der Waals surface area contributed by atoms with Gasteiger partial charge in [-0.05, 0) is 12.3 Å². The van der Waals surface area contributed by atoms with Crippen molar-refractivity contribution in [2.45, 2.75) is 19.3 Å². The minimum Gasteiger partial charge on any atom is -0.493 e. The second-order valence-corrected chi connectivity index (χ2v) is 4.52. The Morgan fingerprint density at radius 1 is 1.42 bits per heavy atom. The number of rotatable bonds is 7. The summed E-state index contributed by atoms with van der Waals surface area (Å²) in [5.74, 6) is 1.36. The first-order valence-electron chi connectivity index (χ1n) is 6.10. The van der Waals surface area contributed by atoms with Crippen molar-refractivity contribution >= 4 is 12.0 Å². The maximum atomic E-state index is 10.9. The second kappa shape index (κ2) is 5.69. The number of carbonyl (C=O) groups excluding carboxylic acids is 1. The van der Waals surface area contributed by atoms with Crippen molar-refractivity contribution in [3.05, 3.63) is 27.8 Å². The van der Waals surface area contributed by atoms with Gasteiger partial charge in [-0.1, -0.05) is 12.8 Å². The highest BCUT2D eigenvalue weighted by Crippen LogP contribution is 2.36. The van der Waals surface area contributed by atoms with Crippen molar-refractivity contribution < 1.29 is 19.2 Å². The molecule has 0 N–H and O–H groups in total. The second-order valence-electron chi connectivity index (χ2n) is 4.52. The summed E-state index contributed by atoms with van der Waals surface area (Å²) < 4.78 is 10.6. The van der Waals surface area contributed by atoms with Crippen LogP contribution in [0.25, 0.3) is 0 Å². The molecule has 0 heterocycles. The predicted molar refractivity (Wildman–Crippen MR) is 67.9 cm³/mol. The molecule has 0 unspecified atom stereocenters. The summed E-state index contributed by atoms with van der Waals surface area (Å²) in [6, 6.07) is 2.58. The number of nitro benzene ring substituents is 1. The Morgan fingerprint density at radius 3 is 2.68 bits per heavy atom. The van der Waals surface area contributed by atoms with Crippen LogP contribution in [-0.2, 0) is 0 Å². The van der Waals surface area contributed by atoms with E-state index >= 15 is 0 Å². The lowest BCUT2D eigenvalue weighted by molar-refractivity contribution is -0.385. The van der Waals surface area contributed by atoms with Crippen LogP contribution >= 0.6 is 0 Å². The Kier molecular flexibility index (Phi) is 3.99. The summed E-state index contributed by atoms with van der Waals surface area (Å²) in [7, 11) is 1.43. The van der Waals surface area contributed by atoms with E-state index in [-0.39, 0.29) is 11.3 Å². The largest absolute Gasteiger partial charge is 0.493 e. The summed E-state index contributed by atoms with van der Waals surface area (Å²) in [4.78, 5) is 21.1. The summed E-state index contributed by atoms with van der Waals surface area (Å²) in [5, 5.41) is 10.9. The Morgan fingerprint density at radius 2 is 2.16 bits per heavy atom. The lowest BCUT2D eigenvalue weighted by Gasteiger charge is -2.11. The normalized spacial score (nSPS) is 13.9. The van der Waals surface area contributed by atoms with E-state index in [2.05, 4.69) is 0 Å². The summed E-state index contributed by atoms with van der Waals surface area (Å²) in [6.45, 7) is 0.499. The van der Waals surface area contributed by atoms with Gasteiger partial charge in [-0.2, -0.15) is 0 Å². The molecule has 1 aliphatic rings. The van der Waals surface area contributed by atoms with Crippen LogP contribution in [-0.4, -0.2) is 24.9 Å². The third kappa shape index (κ3) is 3.21. The molecule has 102 valence electrons. The summed E-state index contributed by atoms with van der Waals surface area (Å²) >= 11 is 0. The Labute approximate surface area is 110 Å². The number of methoxy groups -OCH3 is 1. The lowest BCUT2D eigenvalue weighted by atomic mass is 10.1. The molecule has 0 amide bonds. The molecule has 0 spiro atoms. The standard InChI is InChI=1S/C13H15NO5/c1-18-12-6-10(8-15)11(14(16)17)7-13(12)19-5-4-9-2-3-9/h6-9H,2-5H2,1H3. The van der Waals surface area contributed by atoms with E-state index in [1.165, 1.54) is 32.1 Å². The SMILES string of the molecule is COc1cc(C=O)c([N+](=O)[O-])cc1OCCC1CC1. The maximum absolute atomic E-state index is 10.9. The molecule has 1 aromatic rings. The summed E-state index contributed by atoms with van der Waals surface area (Å²) in [5.41, 5.74) is -0.284. The smallest absolute Gasteiger partial charge is 0.283 e. The molecule has 0 atom stereocenters. The van der Waals surface area contributed by atoms with Gasteiger partial charge in [0, 0.05) is 6.07 Å². The number of ether oxygens (including phenoxy) is 2. The van der Waals surface area contributed by atoms with E-state index in [0.717, 1.165) is 12.3 Å². The fraction of sp³-hybridized carbons (Fsp3) is 0.462. The number of aldehydes is 1. The van der Waals surface area contributed by atoms with Crippen molar-refractivity contribution in [1.29, 1.82) is 0 Å². The van der Waals surface area contributed by atoms with Gasteiger partial charge in [-0.25, -0.2) is 0 Å². The molecule has 1 saturated carbocycles. The van der Waals surface area contributed by atoms with Crippen LogP contribution in [0.15, 0.2) is 12.1 Å². The Bertz CT molecular complexity index is 496. The fourth-order valence-corrected chi connectivity index (χ4v) is 1.83. The number of carbonyl (C=O) groups is 1. The van der Waals surface area contributed by atoms with E-state index in [4.69, 9.17) is 9.47 Å². The topological polar surface area (TPSA) is 78.7 Å². The molecular weight excluding hydrogens is 250 g/mol. The number of benzene rings is 1. The molecule has 0 aromatic heterocycles. The molecule has 19 heavy (non-hydrogen) atoms. The van der Waals surface area contributed by atoms with E-state index < -0.39 is 4.92 Å². The highest BCUT2D eigenvalue weighted by molar-refractivity contribution is 5.83. The molecule has 0 aliphatic heterocycles. The van der Waals surface area contributed by atoms with Crippen LogP contribution in [0.3, 0.4) is 0 Å². The monoisotopic (exact) mass is 265 g/mol. The first-order valence-corrected chi connectivity index (χ1v) is 6.10. The van der Waals surface area contributed by atoms with Crippen LogP contribution in [0.1, 0.15) is 29.6 Å². The van der Waals surface area contributed by atoms with Crippen LogP contribution in [0.2, 0.25) is 0 Å². The fourth-order valence-electron chi connectivity index (χ4n) is 1.83. The zero-order chi connectivity index (χ0) is 13.8. The number of hydrogen-bond acceptors (Lipinski definition) is 5. The van der Waals surface area contributed by atoms with Gasteiger partial charge in [0.2, 0.25) is 0 Å². The maximum Gasteiger partial charge on any atom is 0.283 e. The van der Waals surface area contributed by atoms with Crippen molar-refractivity contribution in [2.75, 3.05) is 13.7 Å². The average Bonchev–Trinajstić information content (AvgIpc) is 3.22. The van der Waals surface area contributed by atoms with Gasteiger partial charge >= 0.3 is 0 Å². The molecule has 1 aromatic carbocycles. The van der Waals surface area contributed by atoms with E-state index in [9.17, 15) is 14.9 Å². The zero-order valence-corrected chi connectivity index (χ0v) is 10.6. The van der Waals surface area contributed by atoms with E-state index in [1.807, 2.05) is 0 Å². The molecule has 6 heteroatoms. The first-order chi connectivity index (χ1) is 9.15. The minimum atomic E-state index is -0.600. The van der Waals surface area contributed by atoms with E-state index in [1.54, 1.807) is 0 Å². The average molecular weight is 265 g/mol. The lowest BCUT2D eigenvalue weighted by Crippen LogP contribution is -2.03. The van der Waals surface area contributed by atoms with Crippen molar-refractivity contribution in [2.24, 2.45) is 5.92 Å². The Balaban J connectivity index is 2.20. The van der Waals surface area contributed by atoms with Gasteiger partial charge in [-0.15, -0.1) is 0 Å². The highest BCUT2D eigenvalue weighted by atomic mass is 16.6.